The van der Waals surface area contributed by atoms with Crippen LogP contribution >= 0.6 is 11.8 Å². The summed E-state index contributed by atoms with van der Waals surface area (Å²) in [6.45, 7) is 3.66. The van der Waals surface area contributed by atoms with E-state index in [9.17, 15) is 22.8 Å². The highest BCUT2D eigenvalue weighted by atomic mass is 32.2. The van der Waals surface area contributed by atoms with Crippen molar-refractivity contribution < 1.29 is 27.5 Å². The van der Waals surface area contributed by atoms with Crippen LogP contribution < -0.4 is 5.32 Å². The van der Waals surface area contributed by atoms with Gasteiger partial charge in [-0.15, -0.1) is 0 Å². The van der Waals surface area contributed by atoms with Crippen molar-refractivity contribution in [1.82, 2.24) is 15.3 Å². The lowest BCUT2D eigenvalue weighted by atomic mass is 9.99. The van der Waals surface area contributed by atoms with Crippen LogP contribution in [0, 0.1) is 5.92 Å². The number of hydrogen-bond acceptors (Lipinski definition) is 6. The highest BCUT2D eigenvalue weighted by Crippen LogP contribution is 2.32. The minimum atomic E-state index is -4.70. The highest BCUT2D eigenvalue weighted by molar-refractivity contribution is 8.00. The van der Waals surface area contributed by atoms with Gasteiger partial charge in [0.25, 0.3) is 0 Å². The molecule has 2 rings (SSSR count). The number of fused-ring (bicyclic) bond motifs is 1. The van der Waals surface area contributed by atoms with Crippen LogP contribution in [0.15, 0.2) is 29.3 Å². The Kier molecular flexibility index (Phi) is 7.22. The number of para-hydroxylation sites is 1. The second kappa shape index (κ2) is 9.22. The van der Waals surface area contributed by atoms with E-state index in [4.69, 9.17) is 4.74 Å². The van der Waals surface area contributed by atoms with Crippen molar-refractivity contribution in [2.45, 2.75) is 37.5 Å². The zero-order chi connectivity index (χ0) is 20.9. The molecule has 152 valence electrons. The van der Waals surface area contributed by atoms with Crippen molar-refractivity contribution >= 4 is 34.5 Å². The van der Waals surface area contributed by atoms with Crippen molar-refractivity contribution in [2.24, 2.45) is 5.92 Å². The maximum Gasteiger partial charge on any atom is 0.451 e. The lowest BCUT2D eigenvalue weighted by Gasteiger charge is -2.21. The second-order valence-electron chi connectivity index (χ2n) is 6.11. The van der Waals surface area contributed by atoms with Gasteiger partial charge in [0.2, 0.25) is 11.7 Å². The molecule has 0 radical (unpaired) electrons. The Morgan fingerprint density at radius 2 is 1.93 bits per heavy atom. The predicted octanol–water partition coefficient (Wildman–Crippen LogP) is 3.44. The van der Waals surface area contributed by atoms with Gasteiger partial charge in [0.15, 0.2) is 0 Å². The zero-order valence-electron chi connectivity index (χ0n) is 15.5. The first-order valence-corrected chi connectivity index (χ1v) is 9.49. The smallest absolute Gasteiger partial charge is 0.451 e. The van der Waals surface area contributed by atoms with Gasteiger partial charge in [-0.2, -0.15) is 13.2 Å². The van der Waals surface area contributed by atoms with Gasteiger partial charge in [0.05, 0.1) is 18.4 Å². The molecule has 0 spiro atoms. The Balaban J connectivity index is 2.20. The summed E-state index contributed by atoms with van der Waals surface area (Å²) in [5.74, 6) is -2.70. The number of thioether (sulfide) groups is 1. The lowest BCUT2D eigenvalue weighted by molar-refractivity contribution is -0.146. The van der Waals surface area contributed by atoms with Crippen LogP contribution in [-0.2, 0) is 20.5 Å². The fourth-order valence-corrected chi connectivity index (χ4v) is 3.26. The number of rotatable bonds is 7. The SMILES string of the molecule is CC[C@@H](C)[C@@H](NC(=O)CSc1nc(C(F)(F)F)nc2ccccc12)C(=O)OC. The third-order valence-corrected chi connectivity index (χ3v) is 5.14. The molecule has 1 N–H and O–H groups in total. The number of benzene rings is 1. The summed E-state index contributed by atoms with van der Waals surface area (Å²) in [6, 6.07) is 5.44. The van der Waals surface area contributed by atoms with E-state index in [0.717, 1.165) is 11.8 Å². The number of amides is 1. The van der Waals surface area contributed by atoms with E-state index >= 15 is 0 Å². The molecule has 1 aromatic heterocycles. The fraction of sp³-hybridized carbons (Fsp3) is 0.444. The minimum Gasteiger partial charge on any atom is -0.467 e. The molecule has 6 nitrogen and oxygen atoms in total. The molecule has 0 fully saturated rings. The van der Waals surface area contributed by atoms with Crippen molar-refractivity contribution in [1.29, 1.82) is 0 Å². The first-order valence-electron chi connectivity index (χ1n) is 8.51. The molecule has 0 aliphatic heterocycles. The third kappa shape index (κ3) is 5.34. The first-order chi connectivity index (χ1) is 13.2. The summed E-state index contributed by atoms with van der Waals surface area (Å²) < 4.78 is 43.9. The summed E-state index contributed by atoms with van der Waals surface area (Å²) in [5, 5.41) is 3.05. The molecule has 0 saturated heterocycles. The molecule has 0 aliphatic carbocycles. The Labute approximate surface area is 164 Å². The van der Waals surface area contributed by atoms with Gasteiger partial charge in [0.1, 0.15) is 11.1 Å². The van der Waals surface area contributed by atoms with Gasteiger partial charge in [-0.05, 0) is 12.0 Å². The van der Waals surface area contributed by atoms with Crippen LogP contribution in [0.2, 0.25) is 0 Å². The Morgan fingerprint density at radius 3 is 2.54 bits per heavy atom. The third-order valence-electron chi connectivity index (χ3n) is 4.15. The summed E-state index contributed by atoms with van der Waals surface area (Å²) in [4.78, 5) is 31.3. The van der Waals surface area contributed by atoms with Crippen LogP contribution in [0.4, 0.5) is 13.2 Å². The summed E-state index contributed by atoms with van der Waals surface area (Å²) in [5.41, 5.74) is 0.139. The van der Waals surface area contributed by atoms with Gasteiger partial charge in [-0.1, -0.05) is 50.2 Å². The number of alkyl halides is 3. The molecule has 1 amide bonds. The number of aromatic nitrogens is 2. The molecule has 2 aromatic rings. The summed E-state index contributed by atoms with van der Waals surface area (Å²) >= 11 is 0.854. The number of carbonyl (C=O) groups excluding carboxylic acids is 2. The van der Waals surface area contributed by atoms with E-state index in [0.29, 0.717) is 11.8 Å². The molecule has 28 heavy (non-hydrogen) atoms. The Hall–Kier alpha value is -2.36. The molecule has 10 heteroatoms. The summed E-state index contributed by atoms with van der Waals surface area (Å²) in [6.07, 6.45) is -4.06. The highest BCUT2D eigenvalue weighted by Gasteiger charge is 2.35. The number of nitrogens with one attached hydrogen (secondary N) is 1. The maximum absolute atomic E-state index is 13.1. The van der Waals surface area contributed by atoms with E-state index in [2.05, 4.69) is 15.3 Å². The molecule has 0 bridgehead atoms. The number of methoxy groups -OCH3 is 1. The normalized spacial score (nSPS) is 13.8. The molecular formula is C18H20F3N3O3S. The summed E-state index contributed by atoms with van der Waals surface area (Å²) in [7, 11) is 1.23. The number of nitrogens with zero attached hydrogens (tertiary/aromatic N) is 2. The van der Waals surface area contributed by atoms with Crippen LogP contribution in [-0.4, -0.2) is 40.7 Å². The number of hydrogen-bond donors (Lipinski definition) is 1. The van der Waals surface area contributed by atoms with Crippen LogP contribution in [0.5, 0.6) is 0 Å². The van der Waals surface area contributed by atoms with Crippen LogP contribution in [0.25, 0.3) is 10.9 Å². The monoisotopic (exact) mass is 415 g/mol. The standard InChI is InChI=1S/C18H20F3N3O3S/c1-4-10(2)14(16(26)27-3)23-13(25)9-28-15-11-7-5-6-8-12(11)22-17(24-15)18(19,20)21/h5-8,10,14H,4,9H2,1-3H3,(H,23,25)/t10-,14-/m1/s1. The number of ether oxygens (including phenoxy) is 1. The van der Waals surface area contributed by atoms with Gasteiger partial charge in [-0.3, -0.25) is 4.79 Å². The van der Waals surface area contributed by atoms with Crippen molar-refractivity contribution in [3.05, 3.63) is 30.1 Å². The van der Waals surface area contributed by atoms with E-state index < -0.39 is 29.9 Å². The number of halogens is 3. The maximum atomic E-state index is 13.1. The average molecular weight is 415 g/mol. The van der Waals surface area contributed by atoms with E-state index in [1.165, 1.54) is 13.2 Å². The van der Waals surface area contributed by atoms with E-state index in [-0.39, 0.29) is 22.2 Å². The van der Waals surface area contributed by atoms with E-state index in [1.54, 1.807) is 25.1 Å². The van der Waals surface area contributed by atoms with Crippen molar-refractivity contribution in [3.63, 3.8) is 0 Å². The van der Waals surface area contributed by atoms with Gasteiger partial charge >= 0.3 is 12.1 Å². The number of carbonyl (C=O) groups is 2. The largest absolute Gasteiger partial charge is 0.467 e. The molecular weight excluding hydrogens is 395 g/mol. The second-order valence-corrected chi connectivity index (χ2v) is 7.07. The predicted molar refractivity (Wildman–Crippen MR) is 98.7 cm³/mol. The van der Waals surface area contributed by atoms with Gasteiger partial charge in [-0.25, -0.2) is 14.8 Å². The molecule has 0 aliphatic rings. The quantitative estimate of drug-likeness (QED) is 0.424. The minimum absolute atomic E-state index is 0.0474. The average Bonchev–Trinajstić information content (AvgIpc) is 2.68. The van der Waals surface area contributed by atoms with Gasteiger partial charge in [0, 0.05) is 5.39 Å². The first kappa shape index (κ1) is 21.9. The molecule has 2 atom stereocenters. The molecule has 1 aromatic carbocycles. The van der Waals surface area contributed by atoms with E-state index in [1.807, 2.05) is 6.92 Å². The number of esters is 1. The fourth-order valence-electron chi connectivity index (χ4n) is 2.43. The van der Waals surface area contributed by atoms with Gasteiger partial charge < -0.3 is 10.1 Å². The molecule has 1 heterocycles. The van der Waals surface area contributed by atoms with Crippen molar-refractivity contribution in [2.75, 3.05) is 12.9 Å². The molecule has 0 unspecified atom stereocenters. The lowest BCUT2D eigenvalue weighted by Crippen LogP contribution is -2.46. The Morgan fingerprint density at radius 1 is 1.25 bits per heavy atom. The van der Waals surface area contributed by atoms with Crippen molar-refractivity contribution in [3.8, 4) is 0 Å². The zero-order valence-corrected chi connectivity index (χ0v) is 16.4. The van der Waals surface area contributed by atoms with Crippen LogP contribution in [0.1, 0.15) is 26.1 Å². The topological polar surface area (TPSA) is 81.2 Å². The Bertz CT molecular complexity index is 861. The molecule has 0 saturated carbocycles. The van der Waals surface area contributed by atoms with Crippen LogP contribution in [0.3, 0.4) is 0 Å².